The third kappa shape index (κ3) is 8.46. The lowest BCUT2D eigenvalue weighted by Crippen LogP contribution is -2.34. The fourth-order valence-corrected chi connectivity index (χ4v) is 3.17. The topological polar surface area (TPSA) is 124 Å². The summed E-state index contributed by atoms with van der Waals surface area (Å²) in [5, 5.41) is 0. The highest BCUT2D eigenvalue weighted by Gasteiger charge is 2.30. The smallest absolute Gasteiger partial charge is 0.337 e. The molecule has 0 rings (SSSR count). The molecule has 0 aliphatic rings. The monoisotopic (exact) mass is 332 g/mol. The van der Waals surface area contributed by atoms with E-state index in [4.69, 9.17) is 13.5 Å². The predicted octanol–water partition coefficient (Wildman–Crippen LogP) is 0.198. The van der Waals surface area contributed by atoms with Gasteiger partial charge >= 0.3 is 5.97 Å². The third-order valence-electron chi connectivity index (χ3n) is 2.17. The van der Waals surface area contributed by atoms with Crippen molar-refractivity contribution in [3.8, 4) is 0 Å². The first kappa shape index (κ1) is 19.3. The fraction of sp³-hybridized carbons (Fsp3) is 0.900. The van der Waals surface area contributed by atoms with E-state index in [0.29, 0.717) is 0 Å². The summed E-state index contributed by atoms with van der Waals surface area (Å²) in [6, 6.07) is 0. The largest absolute Gasteiger partial charge is 0.464 e. The van der Waals surface area contributed by atoms with Crippen LogP contribution in [0.5, 0.6) is 0 Å². The van der Waals surface area contributed by atoms with Crippen molar-refractivity contribution < 1.29 is 35.1 Å². The quantitative estimate of drug-likeness (QED) is 0.361. The normalized spacial score (nSPS) is 14.2. The van der Waals surface area contributed by atoms with Gasteiger partial charge in [-0.3, -0.25) is 8.74 Å². The molecule has 0 aliphatic carbocycles. The molecule has 0 spiro atoms. The highest BCUT2D eigenvalue weighted by Crippen LogP contribution is 2.13. The summed E-state index contributed by atoms with van der Waals surface area (Å²) in [5.41, 5.74) is 0. The Morgan fingerprint density at radius 2 is 1.70 bits per heavy atom. The highest BCUT2D eigenvalue weighted by molar-refractivity contribution is 7.87. The van der Waals surface area contributed by atoms with E-state index >= 15 is 0 Å². The van der Waals surface area contributed by atoms with Crippen molar-refractivity contribution in [2.75, 3.05) is 18.1 Å². The zero-order valence-corrected chi connectivity index (χ0v) is 13.2. The van der Waals surface area contributed by atoms with E-state index in [1.807, 2.05) is 0 Å². The standard InChI is InChI=1S/C10H20O8S2/c1-4-17-10(11)9(8(2)3)18-20(15,16)7-5-6-19(12,13)14/h8-9H,4-7H2,1-3H3,(H,12,13,14). The Labute approximate surface area is 119 Å². The van der Waals surface area contributed by atoms with Crippen molar-refractivity contribution in [2.45, 2.75) is 33.3 Å². The first-order valence-corrected chi connectivity index (χ1v) is 9.20. The predicted molar refractivity (Wildman–Crippen MR) is 71.2 cm³/mol. The van der Waals surface area contributed by atoms with Gasteiger partial charge in [0.25, 0.3) is 20.2 Å². The number of carbonyl (C=O) groups excluding carboxylic acids is 1. The van der Waals surface area contributed by atoms with Gasteiger partial charge in [-0.05, 0) is 19.3 Å². The van der Waals surface area contributed by atoms with Crippen LogP contribution < -0.4 is 0 Å². The summed E-state index contributed by atoms with van der Waals surface area (Å²) < 4.78 is 62.2. The third-order valence-corrected chi connectivity index (χ3v) is 4.27. The number of rotatable bonds is 9. The lowest BCUT2D eigenvalue weighted by atomic mass is 10.1. The molecule has 0 aromatic heterocycles. The molecule has 0 radical (unpaired) electrons. The first-order chi connectivity index (χ1) is 8.98. The van der Waals surface area contributed by atoms with E-state index in [2.05, 4.69) is 0 Å². The Bertz CT molecular complexity index is 505. The van der Waals surface area contributed by atoms with Gasteiger partial charge in [-0.1, -0.05) is 13.8 Å². The van der Waals surface area contributed by atoms with E-state index in [1.54, 1.807) is 20.8 Å². The minimum atomic E-state index is -4.23. The second-order valence-electron chi connectivity index (χ2n) is 4.41. The minimum Gasteiger partial charge on any atom is -0.464 e. The molecule has 120 valence electrons. The van der Waals surface area contributed by atoms with Crippen LogP contribution in [0.15, 0.2) is 0 Å². The molecule has 8 nitrogen and oxygen atoms in total. The Morgan fingerprint density at radius 1 is 1.15 bits per heavy atom. The van der Waals surface area contributed by atoms with Gasteiger partial charge in [-0.2, -0.15) is 16.8 Å². The molecular formula is C10H20O8S2. The molecule has 10 heteroatoms. The lowest BCUT2D eigenvalue weighted by molar-refractivity contribution is -0.153. The van der Waals surface area contributed by atoms with E-state index < -0.39 is 49.7 Å². The van der Waals surface area contributed by atoms with E-state index in [9.17, 15) is 21.6 Å². The molecule has 1 atom stereocenters. The lowest BCUT2D eigenvalue weighted by Gasteiger charge is -2.19. The summed E-state index contributed by atoms with van der Waals surface area (Å²) in [6.07, 6.45) is -1.60. The molecule has 0 aliphatic heterocycles. The Morgan fingerprint density at radius 3 is 2.10 bits per heavy atom. The highest BCUT2D eigenvalue weighted by atomic mass is 32.2. The van der Waals surface area contributed by atoms with Crippen LogP contribution in [0.1, 0.15) is 27.2 Å². The van der Waals surface area contributed by atoms with Crippen LogP contribution in [0.4, 0.5) is 0 Å². The molecule has 0 saturated heterocycles. The maximum absolute atomic E-state index is 11.6. The average molecular weight is 332 g/mol. The van der Waals surface area contributed by atoms with Gasteiger partial charge in [-0.25, -0.2) is 4.79 Å². The van der Waals surface area contributed by atoms with Gasteiger partial charge in [0.1, 0.15) is 0 Å². The molecule has 0 amide bonds. The van der Waals surface area contributed by atoms with Gasteiger partial charge in [-0.15, -0.1) is 0 Å². The zero-order valence-electron chi connectivity index (χ0n) is 11.6. The summed E-state index contributed by atoms with van der Waals surface area (Å²) in [4.78, 5) is 11.5. The fourth-order valence-electron chi connectivity index (χ4n) is 1.27. The van der Waals surface area contributed by atoms with Crippen molar-refractivity contribution in [1.82, 2.24) is 0 Å². The van der Waals surface area contributed by atoms with Crippen LogP contribution >= 0.6 is 0 Å². The summed E-state index contributed by atoms with van der Waals surface area (Å²) in [5.74, 6) is -2.53. The number of esters is 1. The van der Waals surface area contributed by atoms with Crippen molar-refractivity contribution in [3.05, 3.63) is 0 Å². The van der Waals surface area contributed by atoms with Crippen molar-refractivity contribution >= 4 is 26.2 Å². The molecular weight excluding hydrogens is 312 g/mol. The van der Waals surface area contributed by atoms with Gasteiger partial charge in [0.2, 0.25) is 0 Å². The molecule has 1 unspecified atom stereocenters. The molecule has 20 heavy (non-hydrogen) atoms. The van der Waals surface area contributed by atoms with Crippen LogP contribution in [-0.2, 0) is 34.0 Å². The minimum absolute atomic E-state index is 0.0915. The Hall–Kier alpha value is -0.710. The maximum Gasteiger partial charge on any atom is 0.337 e. The summed E-state index contributed by atoms with van der Waals surface area (Å²) >= 11 is 0. The zero-order chi connectivity index (χ0) is 16.0. The molecule has 1 N–H and O–H groups in total. The van der Waals surface area contributed by atoms with Crippen molar-refractivity contribution in [1.29, 1.82) is 0 Å². The van der Waals surface area contributed by atoms with Crippen LogP contribution in [0.3, 0.4) is 0 Å². The molecule has 0 aromatic carbocycles. The van der Waals surface area contributed by atoms with Crippen molar-refractivity contribution in [2.24, 2.45) is 5.92 Å². The number of carbonyl (C=O) groups is 1. The number of ether oxygens (including phenoxy) is 1. The van der Waals surface area contributed by atoms with Crippen LogP contribution in [-0.4, -0.2) is 51.6 Å². The van der Waals surface area contributed by atoms with Crippen LogP contribution in [0.25, 0.3) is 0 Å². The van der Waals surface area contributed by atoms with Crippen molar-refractivity contribution in [3.63, 3.8) is 0 Å². The Kier molecular flexibility index (Phi) is 7.63. The Balaban J connectivity index is 4.65. The van der Waals surface area contributed by atoms with E-state index in [-0.39, 0.29) is 13.0 Å². The second-order valence-corrected chi connectivity index (χ2v) is 7.70. The van der Waals surface area contributed by atoms with Gasteiger partial charge in [0.15, 0.2) is 6.10 Å². The van der Waals surface area contributed by atoms with E-state index in [1.165, 1.54) is 0 Å². The second kappa shape index (κ2) is 7.91. The molecule has 0 saturated carbocycles. The average Bonchev–Trinajstić information content (AvgIpc) is 2.23. The van der Waals surface area contributed by atoms with Gasteiger partial charge < -0.3 is 4.74 Å². The number of hydrogen-bond donors (Lipinski definition) is 1. The molecule has 0 fully saturated rings. The molecule has 0 heterocycles. The SMILES string of the molecule is CCOC(=O)C(OS(=O)(=O)CCCS(=O)(=O)O)C(C)C. The van der Waals surface area contributed by atoms with E-state index in [0.717, 1.165) is 0 Å². The van der Waals surface area contributed by atoms with Gasteiger partial charge in [0.05, 0.1) is 18.1 Å². The van der Waals surface area contributed by atoms with Gasteiger partial charge in [0, 0.05) is 0 Å². The summed E-state index contributed by atoms with van der Waals surface area (Å²) in [6.45, 7) is 4.86. The molecule has 0 aromatic rings. The summed E-state index contributed by atoms with van der Waals surface area (Å²) in [7, 11) is -8.32. The maximum atomic E-state index is 11.6. The number of hydrogen-bond acceptors (Lipinski definition) is 7. The van der Waals surface area contributed by atoms with Crippen LogP contribution in [0, 0.1) is 5.92 Å². The first-order valence-electron chi connectivity index (χ1n) is 6.01. The van der Waals surface area contributed by atoms with Crippen LogP contribution in [0.2, 0.25) is 0 Å². The molecule has 0 bridgehead atoms.